The summed E-state index contributed by atoms with van der Waals surface area (Å²) in [7, 11) is 1.48. The predicted octanol–water partition coefficient (Wildman–Crippen LogP) is 3.03. The topological polar surface area (TPSA) is 53.1 Å². The summed E-state index contributed by atoms with van der Waals surface area (Å²) in [6.45, 7) is 0. The molecule has 0 spiro atoms. The van der Waals surface area contributed by atoms with Gasteiger partial charge in [0.05, 0.1) is 23.8 Å². The van der Waals surface area contributed by atoms with Crippen LogP contribution in [0.5, 0.6) is 5.75 Å². The van der Waals surface area contributed by atoms with Crippen LogP contribution in [0, 0.1) is 17.5 Å². The van der Waals surface area contributed by atoms with Crippen molar-refractivity contribution in [3.05, 3.63) is 47.8 Å². The number of nitrogen functional groups attached to an aromatic ring is 1. The highest BCUT2D eigenvalue weighted by Crippen LogP contribution is 2.29. The van der Waals surface area contributed by atoms with E-state index in [1.54, 1.807) is 18.2 Å². The number of rotatable bonds is 2. The Bertz CT molecular complexity index is 845. The van der Waals surface area contributed by atoms with Crippen molar-refractivity contribution in [3.8, 4) is 11.4 Å². The maximum atomic E-state index is 14.0. The van der Waals surface area contributed by atoms with E-state index in [1.165, 1.54) is 11.7 Å². The molecule has 21 heavy (non-hydrogen) atoms. The Kier molecular flexibility index (Phi) is 2.97. The van der Waals surface area contributed by atoms with Crippen LogP contribution < -0.4 is 10.5 Å². The van der Waals surface area contributed by atoms with Crippen molar-refractivity contribution >= 4 is 17.0 Å². The van der Waals surface area contributed by atoms with Gasteiger partial charge in [0.2, 0.25) is 5.95 Å². The molecule has 0 amide bonds. The van der Waals surface area contributed by atoms with E-state index in [2.05, 4.69) is 4.98 Å². The van der Waals surface area contributed by atoms with Gasteiger partial charge in [-0.1, -0.05) is 0 Å². The number of nitrogens with zero attached hydrogens (tertiary/aromatic N) is 2. The van der Waals surface area contributed by atoms with Crippen molar-refractivity contribution in [1.82, 2.24) is 9.55 Å². The summed E-state index contributed by atoms with van der Waals surface area (Å²) < 4.78 is 46.7. The van der Waals surface area contributed by atoms with Gasteiger partial charge in [-0.15, -0.1) is 0 Å². The molecular formula is C14H10F3N3O. The number of fused-ring (bicyclic) bond motifs is 1. The minimum Gasteiger partial charge on any atom is -0.497 e. The van der Waals surface area contributed by atoms with Crippen LogP contribution in [0.15, 0.2) is 30.3 Å². The van der Waals surface area contributed by atoms with E-state index in [0.717, 1.165) is 12.1 Å². The number of methoxy groups -OCH3 is 1. The monoisotopic (exact) mass is 293 g/mol. The first kappa shape index (κ1) is 13.3. The van der Waals surface area contributed by atoms with Crippen LogP contribution in [0.25, 0.3) is 16.7 Å². The third-order valence-corrected chi connectivity index (χ3v) is 3.14. The van der Waals surface area contributed by atoms with Crippen LogP contribution in [0.1, 0.15) is 0 Å². The molecule has 0 saturated heterocycles. The predicted molar refractivity (Wildman–Crippen MR) is 71.9 cm³/mol. The summed E-state index contributed by atoms with van der Waals surface area (Å²) in [5, 5.41) is 0. The summed E-state index contributed by atoms with van der Waals surface area (Å²) in [5.74, 6) is -3.69. The third kappa shape index (κ3) is 1.97. The number of benzene rings is 2. The average Bonchev–Trinajstić information content (AvgIpc) is 2.80. The molecule has 108 valence electrons. The zero-order chi connectivity index (χ0) is 15.1. The van der Waals surface area contributed by atoms with Crippen molar-refractivity contribution in [1.29, 1.82) is 0 Å². The molecule has 0 bridgehead atoms. The second kappa shape index (κ2) is 4.69. The van der Waals surface area contributed by atoms with Gasteiger partial charge in [0, 0.05) is 6.07 Å². The van der Waals surface area contributed by atoms with E-state index in [9.17, 15) is 13.2 Å². The number of imidazole rings is 1. The molecule has 1 aromatic heterocycles. The van der Waals surface area contributed by atoms with E-state index >= 15 is 0 Å². The highest BCUT2D eigenvalue weighted by Gasteiger charge is 2.19. The highest BCUT2D eigenvalue weighted by molar-refractivity contribution is 5.82. The van der Waals surface area contributed by atoms with Crippen LogP contribution >= 0.6 is 0 Å². The highest BCUT2D eigenvalue weighted by atomic mass is 19.2. The fourth-order valence-corrected chi connectivity index (χ4v) is 2.14. The molecule has 0 radical (unpaired) electrons. The van der Waals surface area contributed by atoms with Crippen molar-refractivity contribution in [2.24, 2.45) is 0 Å². The Balaban J connectivity index is 2.34. The number of aromatic nitrogens is 2. The summed E-state index contributed by atoms with van der Waals surface area (Å²) in [4.78, 5) is 4.06. The standard InChI is InChI=1S/C14H10F3N3O/c1-21-7-2-4-9-11(6-7)20(14(18)19-9)10-5-3-8(15)12(16)13(10)17/h2-6H,1H3,(H2,18,19). The van der Waals surface area contributed by atoms with Gasteiger partial charge < -0.3 is 10.5 Å². The SMILES string of the molecule is COc1ccc2nc(N)n(-c3ccc(F)c(F)c3F)c2c1. The molecule has 1 heterocycles. The van der Waals surface area contributed by atoms with Gasteiger partial charge in [-0.2, -0.15) is 0 Å². The second-order valence-electron chi connectivity index (χ2n) is 4.35. The molecule has 2 N–H and O–H groups in total. The fraction of sp³-hybridized carbons (Fsp3) is 0.0714. The normalized spacial score (nSPS) is 11.0. The zero-order valence-corrected chi connectivity index (χ0v) is 10.9. The lowest BCUT2D eigenvalue weighted by atomic mass is 10.2. The minimum atomic E-state index is -1.56. The molecule has 0 unspecified atom stereocenters. The molecule has 7 heteroatoms. The summed E-state index contributed by atoms with van der Waals surface area (Å²) in [5.41, 5.74) is 6.45. The third-order valence-electron chi connectivity index (χ3n) is 3.14. The van der Waals surface area contributed by atoms with E-state index in [4.69, 9.17) is 10.5 Å². The first-order chi connectivity index (χ1) is 10.0. The number of nitrogens with two attached hydrogens (primary N) is 1. The molecule has 4 nitrogen and oxygen atoms in total. The van der Waals surface area contributed by atoms with Crippen LogP contribution in [-0.2, 0) is 0 Å². The maximum Gasteiger partial charge on any atom is 0.206 e. The van der Waals surface area contributed by atoms with Gasteiger partial charge in [-0.05, 0) is 24.3 Å². The largest absolute Gasteiger partial charge is 0.497 e. The quantitative estimate of drug-likeness (QED) is 0.739. The lowest BCUT2D eigenvalue weighted by molar-refractivity contribution is 0.415. The smallest absolute Gasteiger partial charge is 0.206 e. The minimum absolute atomic E-state index is 0.0387. The summed E-state index contributed by atoms with van der Waals surface area (Å²) in [6, 6.07) is 6.82. The maximum absolute atomic E-state index is 14.0. The van der Waals surface area contributed by atoms with Gasteiger partial charge in [0.15, 0.2) is 17.5 Å². The Hall–Kier alpha value is -2.70. The average molecular weight is 293 g/mol. The Morgan fingerprint density at radius 3 is 2.57 bits per heavy atom. The van der Waals surface area contributed by atoms with E-state index in [-0.39, 0.29) is 11.6 Å². The number of hydrogen-bond acceptors (Lipinski definition) is 3. The Labute approximate surface area is 117 Å². The molecule has 0 aliphatic carbocycles. The molecular weight excluding hydrogens is 283 g/mol. The molecule has 0 aliphatic rings. The van der Waals surface area contributed by atoms with E-state index < -0.39 is 17.5 Å². The number of halogens is 3. The molecule has 0 aliphatic heterocycles. The van der Waals surface area contributed by atoms with E-state index in [0.29, 0.717) is 16.8 Å². The second-order valence-corrected chi connectivity index (χ2v) is 4.35. The summed E-state index contributed by atoms with van der Waals surface area (Å²) in [6.07, 6.45) is 0. The lowest BCUT2D eigenvalue weighted by Gasteiger charge is -2.09. The van der Waals surface area contributed by atoms with Crippen molar-refractivity contribution in [2.45, 2.75) is 0 Å². The number of ether oxygens (including phenoxy) is 1. The first-order valence-corrected chi connectivity index (χ1v) is 5.98. The van der Waals surface area contributed by atoms with Crippen molar-refractivity contribution in [3.63, 3.8) is 0 Å². The van der Waals surface area contributed by atoms with E-state index in [1.807, 2.05) is 0 Å². The van der Waals surface area contributed by atoms with Crippen LogP contribution in [-0.4, -0.2) is 16.7 Å². The van der Waals surface area contributed by atoms with Crippen molar-refractivity contribution in [2.75, 3.05) is 12.8 Å². The molecule has 0 saturated carbocycles. The van der Waals surface area contributed by atoms with Gasteiger partial charge in [-0.25, -0.2) is 18.2 Å². The van der Waals surface area contributed by atoms with Gasteiger partial charge in [0.25, 0.3) is 0 Å². The van der Waals surface area contributed by atoms with Gasteiger partial charge >= 0.3 is 0 Å². The number of hydrogen-bond donors (Lipinski definition) is 1. The van der Waals surface area contributed by atoms with Gasteiger partial charge in [-0.3, -0.25) is 4.57 Å². The van der Waals surface area contributed by atoms with Crippen LogP contribution in [0.2, 0.25) is 0 Å². The fourth-order valence-electron chi connectivity index (χ4n) is 2.14. The van der Waals surface area contributed by atoms with Crippen LogP contribution in [0.3, 0.4) is 0 Å². The zero-order valence-electron chi connectivity index (χ0n) is 10.9. The number of anilines is 1. The molecule has 0 atom stereocenters. The molecule has 2 aromatic carbocycles. The molecule has 0 fully saturated rings. The molecule has 3 rings (SSSR count). The van der Waals surface area contributed by atoms with Crippen LogP contribution in [0.4, 0.5) is 19.1 Å². The first-order valence-electron chi connectivity index (χ1n) is 5.98. The van der Waals surface area contributed by atoms with Crippen molar-refractivity contribution < 1.29 is 17.9 Å². The summed E-state index contributed by atoms with van der Waals surface area (Å²) >= 11 is 0. The molecule has 3 aromatic rings. The van der Waals surface area contributed by atoms with Gasteiger partial charge in [0.1, 0.15) is 5.75 Å². The Morgan fingerprint density at radius 1 is 1.10 bits per heavy atom. The lowest BCUT2D eigenvalue weighted by Crippen LogP contribution is -2.05. The Morgan fingerprint density at radius 2 is 1.86 bits per heavy atom.